The van der Waals surface area contributed by atoms with Gasteiger partial charge in [-0.25, -0.2) is 4.79 Å². The lowest BCUT2D eigenvalue weighted by Gasteiger charge is -2.20. The lowest BCUT2D eigenvalue weighted by atomic mass is 9.91. The number of nitrogens with zero attached hydrogens (tertiary/aromatic N) is 1. The van der Waals surface area contributed by atoms with Crippen LogP contribution in [0, 0.1) is 0 Å². The maximum Gasteiger partial charge on any atom is 0.326 e. The first-order chi connectivity index (χ1) is 14.5. The highest BCUT2D eigenvalue weighted by Crippen LogP contribution is 2.33. The summed E-state index contributed by atoms with van der Waals surface area (Å²) in [7, 11) is 0. The highest BCUT2D eigenvalue weighted by Gasteiger charge is 2.23. The van der Waals surface area contributed by atoms with Crippen LogP contribution in [0.15, 0.2) is 71.9 Å². The van der Waals surface area contributed by atoms with Crippen LogP contribution in [0.4, 0.5) is 0 Å². The number of carboxylic acid groups (broad SMARTS) is 1. The molecule has 0 radical (unpaired) electrons. The number of carbonyl (C=O) groups excluding carboxylic acids is 1. The molecule has 0 saturated carbocycles. The molecule has 0 spiro atoms. The summed E-state index contributed by atoms with van der Waals surface area (Å²) in [6.07, 6.45) is 4.52. The van der Waals surface area contributed by atoms with E-state index in [2.05, 4.69) is 10.3 Å². The highest BCUT2D eigenvalue weighted by atomic mass is 32.1. The average molecular weight is 421 g/mol. The SMILES string of the molecule is CCC(=O)N[C@@H](Cc1ccc(-c2cccnc2)c(S)c1Cc1ccccc1)C(=O)O. The minimum absolute atomic E-state index is 0.185. The van der Waals surface area contributed by atoms with Crippen LogP contribution in [0.5, 0.6) is 0 Å². The van der Waals surface area contributed by atoms with Crippen LogP contribution in [0.2, 0.25) is 0 Å². The highest BCUT2D eigenvalue weighted by molar-refractivity contribution is 7.80. The molecule has 5 nitrogen and oxygen atoms in total. The molecule has 0 fully saturated rings. The fourth-order valence-electron chi connectivity index (χ4n) is 3.34. The number of carbonyl (C=O) groups is 2. The summed E-state index contributed by atoms with van der Waals surface area (Å²) >= 11 is 4.82. The van der Waals surface area contributed by atoms with Crippen LogP contribution in [0.3, 0.4) is 0 Å². The lowest BCUT2D eigenvalue weighted by molar-refractivity contribution is -0.141. The van der Waals surface area contributed by atoms with Crippen molar-refractivity contribution in [3.05, 3.63) is 83.7 Å². The van der Waals surface area contributed by atoms with Crippen LogP contribution >= 0.6 is 12.6 Å². The molecule has 2 N–H and O–H groups in total. The molecule has 1 heterocycles. The summed E-state index contributed by atoms with van der Waals surface area (Å²) in [6, 6.07) is 16.7. The van der Waals surface area contributed by atoms with Crippen molar-refractivity contribution in [2.45, 2.75) is 37.1 Å². The molecule has 2 aromatic carbocycles. The standard InChI is InChI=1S/C24H24N2O3S/c1-2-22(27)26-21(24(28)29)14-17-10-11-19(18-9-6-12-25-15-18)23(30)20(17)13-16-7-4-3-5-8-16/h3-12,15,21,30H,2,13-14H2,1H3,(H,26,27)(H,28,29)/t21-/m0/s1. The van der Waals surface area contributed by atoms with Crippen molar-refractivity contribution in [3.63, 3.8) is 0 Å². The van der Waals surface area contributed by atoms with Gasteiger partial charge in [0.25, 0.3) is 0 Å². The fraction of sp³-hybridized carbons (Fsp3) is 0.208. The van der Waals surface area contributed by atoms with E-state index in [1.807, 2.05) is 54.6 Å². The summed E-state index contributed by atoms with van der Waals surface area (Å²) < 4.78 is 0. The Bertz CT molecular complexity index is 1020. The second-order valence-electron chi connectivity index (χ2n) is 7.02. The number of benzene rings is 2. The Kier molecular flexibility index (Phi) is 7.25. The van der Waals surface area contributed by atoms with E-state index in [-0.39, 0.29) is 18.7 Å². The minimum Gasteiger partial charge on any atom is -0.480 e. The first-order valence-electron chi connectivity index (χ1n) is 9.79. The van der Waals surface area contributed by atoms with E-state index in [1.54, 1.807) is 19.3 Å². The third-order valence-corrected chi connectivity index (χ3v) is 5.47. The summed E-state index contributed by atoms with van der Waals surface area (Å²) in [5, 5.41) is 12.2. The van der Waals surface area contributed by atoms with Gasteiger partial charge in [0.2, 0.25) is 5.91 Å². The number of carboxylic acids is 1. The van der Waals surface area contributed by atoms with Gasteiger partial charge in [-0.3, -0.25) is 9.78 Å². The number of hydrogen-bond acceptors (Lipinski definition) is 4. The predicted octanol–water partition coefficient (Wildman–Crippen LogP) is 4.15. The zero-order valence-corrected chi connectivity index (χ0v) is 17.6. The molecule has 0 aliphatic heterocycles. The van der Waals surface area contributed by atoms with E-state index in [0.29, 0.717) is 6.42 Å². The quantitative estimate of drug-likeness (QED) is 0.478. The van der Waals surface area contributed by atoms with Gasteiger partial charge in [-0.15, -0.1) is 12.6 Å². The van der Waals surface area contributed by atoms with Crippen LogP contribution in [-0.2, 0) is 22.4 Å². The molecule has 0 aliphatic carbocycles. The normalized spacial score (nSPS) is 11.7. The first-order valence-corrected chi connectivity index (χ1v) is 10.2. The zero-order chi connectivity index (χ0) is 21.5. The molecule has 6 heteroatoms. The number of hydrogen-bond donors (Lipinski definition) is 3. The van der Waals surface area contributed by atoms with E-state index in [0.717, 1.165) is 32.7 Å². The van der Waals surface area contributed by atoms with Gasteiger partial charge < -0.3 is 10.4 Å². The van der Waals surface area contributed by atoms with E-state index in [4.69, 9.17) is 12.6 Å². The maximum absolute atomic E-state index is 11.8. The van der Waals surface area contributed by atoms with Gasteiger partial charge in [0, 0.05) is 35.7 Å². The fourth-order valence-corrected chi connectivity index (χ4v) is 3.76. The number of rotatable bonds is 8. The van der Waals surface area contributed by atoms with Crippen molar-refractivity contribution < 1.29 is 14.7 Å². The molecule has 0 saturated heterocycles. The van der Waals surface area contributed by atoms with Gasteiger partial charge in [-0.1, -0.05) is 55.5 Å². The topological polar surface area (TPSA) is 79.3 Å². The van der Waals surface area contributed by atoms with Crippen molar-refractivity contribution in [1.82, 2.24) is 10.3 Å². The smallest absolute Gasteiger partial charge is 0.326 e. The Balaban J connectivity index is 2.04. The summed E-state index contributed by atoms with van der Waals surface area (Å²) in [6.45, 7) is 1.70. The van der Waals surface area contributed by atoms with Crippen LogP contribution in [0.25, 0.3) is 11.1 Å². The molecular formula is C24H24N2O3S. The third-order valence-electron chi connectivity index (χ3n) is 4.95. The second kappa shape index (κ2) is 10.1. The zero-order valence-electron chi connectivity index (χ0n) is 16.7. The van der Waals surface area contributed by atoms with Crippen molar-refractivity contribution in [2.75, 3.05) is 0 Å². The number of pyridine rings is 1. The van der Waals surface area contributed by atoms with Crippen molar-refractivity contribution in [2.24, 2.45) is 0 Å². The molecule has 3 rings (SSSR count). The molecule has 30 heavy (non-hydrogen) atoms. The van der Waals surface area contributed by atoms with Gasteiger partial charge >= 0.3 is 5.97 Å². The van der Waals surface area contributed by atoms with Crippen LogP contribution < -0.4 is 5.32 Å². The maximum atomic E-state index is 11.8. The number of aromatic nitrogens is 1. The molecule has 1 aromatic heterocycles. The van der Waals surface area contributed by atoms with E-state index in [9.17, 15) is 14.7 Å². The van der Waals surface area contributed by atoms with Gasteiger partial charge in [0.1, 0.15) is 6.04 Å². The molecule has 1 atom stereocenters. The molecule has 0 unspecified atom stereocenters. The minimum atomic E-state index is -1.06. The van der Waals surface area contributed by atoms with Gasteiger partial charge in [0.05, 0.1) is 0 Å². The summed E-state index contributed by atoms with van der Waals surface area (Å²) in [4.78, 5) is 28.5. The van der Waals surface area contributed by atoms with Gasteiger partial charge in [0.15, 0.2) is 0 Å². The number of amides is 1. The van der Waals surface area contributed by atoms with Gasteiger partial charge in [-0.05, 0) is 34.7 Å². The lowest BCUT2D eigenvalue weighted by Crippen LogP contribution is -2.42. The van der Waals surface area contributed by atoms with Crippen molar-refractivity contribution in [3.8, 4) is 11.1 Å². The third kappa shape index (κ3) is 5.27. The average Bonchev–Trinajstić information content (AvgIpc) is 2.76. The van der Waals surface area contributed by atoms with Crippen molar-refractivity contribution in [1.29, 1.82) is 0 Å². The Morgan fingerprint density at radius 2 is 1.87 bits per heavy atom. The molecule has 154 valence electrons. The molecule has 3 aromatic rings. The van der Waals surface area contributed by atoms with E-state index >= 15 is 0 Å². The first kappa shape index (κ1) is 21.6. The molecule has 0 aliphatic rings. The number of aliphatic carboxylic acids is 1. The number of thiol groups is 1. The van der Waals surface area contributed by atoms with Crippen LogP contribution in [-0.4, -0.2) is 28.0 Å². The Labute approximate surface area is 181 Å². The predicted molar refractivity (Wildman–Crippen MR) is 120 cm³/mol. The monoisotopic (exact) mass is 420 g/mol. The summed E-state index contributed by atoms with van der Waals surface area (Å²) in [5.74, 6) is -1.34. The van der Waals surface area contributed by atoms with Gasteiger partial charge in [-0.2, -0.15) is 0 Å². The number of nitrogens with one attached hydrogen (secondary N) is 1. The van der Waals surface area contributed by atoms with Crippen LogP contribution in [0.1, 0.15) is 30.0 Å². The largest absolute Gasteiger partial charge is 0.480 e. The Morgan fingerprint density at radius 1 is 1.10 bits per heavy atom. The Morgan fingerprint density at radius 3 is 2.50 bits per heavy atom. The molecule has 0 bridgehead atoms. The van der Waals surface area contributed by atoms with E-state index in [1.165, 1.54) is 0 Å². The Hall–Kier alpha value is -3.12. The summed E-state index contributed by atoms with van der Waals surface area (Å²) in [5.41, 5.74) is 4.77. The molecule has 1 amide bonds. The van der Waals surface area contributed by atoms with E-state index < -0.39 is 12.0 Å². The second-order valence-corrected chi connectivity index (χ2v) is 7.47. The molecular weight excluding hydrogens is 396 g/mol. The van der Waals surface area contributed by atoms with Crippen molar-refractivity contribution >= 4 is 24.5 Å².